The molecule has 0 aromatic carbocycles. The summed E-state index contributed by atoms with van der Waals surface area (Å²) in [6.07, 6.45) is 3.64. The summed E-state index contributed by atoms with van der Waals surface area (Å²) in [6, 6.07) is 1.99. The van der Waals surface area contributed by atoms with Crippen LogP contribution in [-0.2, 0) is 11.3 Å². The summed E-state index contributed by atoms with van der Waals surface area (Å²) in [4.78, 5) is 15.7. The molecule has 4 nitrogen and oxygen atoms in total. The Kier molecular flexibility index (Phi) is 4.63. The maximum absolute atomic E-state index is 11.6. The number of aryl methyl sites for hydroxylation is 1. The Morgan fingerprint density at radius 2 is 2.18 bits per heavy atom. The van der Waals surface area contributed by atoms with Crippen LogP contribution in [0.15, 0.2) is 18.5 Å². The van der Waals surface area contributed by atoms with Crippen molar-refractivity contribution in [2.75, 3.05) is 13.6 Å². The molecular formula is C13H21N3O. The lowest BCUT2D eigenvalue weighted by Gasteiger charge is -2.23. The number of rotatable bonds is 5. The van der Waals surface area contributed by atoms with Crippen LogP contribution in [0.1, 0.15) is 25.0 Å². The molecule has 1 aromatic heterocycles. The molecule has 2 N–H and O–H groups in total. The van der Waals surface area contributed by atoms with Crippen molar-refractivity contribution in [2.45, 2.75) is 27.3 Å². The Morgan fingerprint density at radius 3 is 2.76 bits per heavy atom. The summed E-state index contributed by atoms with van der Waals surface area (Å²) in [5.41, 5.74) is 1.98. The lowest BCUT2D eigenvalue weighted by molar-refractivity contribution is -0.128. The van der Waals surface area contributed by atoms with Crippen LogP contribution < -0.4 is 10.6 Å². The minimum absolute atomic E-state index is 0.0490. The highest BCUT2D eigenvalue weighted by Gasteiger charge is 2.25. The van der Waals surface area contributed by atoms with E-state index in [1.54, 1.807) is 13.2 Å². The van der Waals surface area contributed by atoms with Crippen molar-refractivity contribution < 1.29 is 4.79 Å². The third-order valence-electron chi connectivity index (χ3n) is 2.87. The summed E-state index contributed by atoms with van der Waals surface area (Å²) in [7, 11) is 1.66. The number of carbonyl (C=O) groups excluding carboxylic acids is 1. The average molecular weight is 235 g/mol. The van der Waals surface area contributed by atoms with Crippen molar-refractivity contribution >= 4 is 5.91 Å². The van der Waals surface area contributed by atoms with E-state index in [4.69, 9.17) is 0 Å². The zero-order valence-corrected chi connectivity index (χ0v) is 11.0. The van der Waals surface area contributed by atoms with Gasteiger partial charge in [0.05, 0.1) is 5.41 Å². The summed E-state index contributed by atoms with van der Waals surface area (Å²) < 4.78 is 0. The molecule has 17 heavy (non-hydrogen) atoms. The standard InChI is InChI=1S/C13H21N3O/c1-10-5-6-15-7-11(10)8-16-9-13(2,3)12(17)14-4/h5-7,16H,8-9H2,1-4H3,(H,14,17). The summed E-state index contributed by atoms with van der Waals surface area (Å²) in [6.45, 7) is 7.29. The monoisotopic (exact) mass is 235 g/mol. The van der Waals surface area contributed by atoms with Crippen molar-refractivity contribution in [1.82, 2.24) is 15.6 Å². The van der Waals surface area contributed by atoms with Gasteiger partial charge in [-0.25, -0.2) is 0 Å². The van der Waals surface area contributed by atoms with Crippen molar-refractivity contribution in [2.24, 2.45) is 5.41 Å². The molecule has 0 saturated heterocycles. The third kappa shape index (κ3) is 3.82. The van der Waals surface area contributed by atoms with Gasteiger partial charge in [0.15, 0.2) is 0 Å². The average Bonchev–Trinajstić information content (AvgIpc) is 2.30. The van der Waals surface area contributed by atoms with Crippen LogP contribution in [-0.4, -0.2) is 24.5 Å². The predicted molar refractivity (Wildman–Crippen MR) is 68.5 cm³/mol. The molecule has 0 aliphatic carbocycles. The number of amides is 1. The smallest absolute Gasteiger partial charge is 0.226 e. The molecular weight excluding hydrogens is 214 g/mol. The van der Waals surface area contributed by atoms with Gasteiger partial charge in [-0.15, -0.1) is 0 Å². The number of carbonyl (C=O) groups is 1. The van der Waals surface area contributed by atoms with E-state index in [0.717, 1.165) is 6.54 Å². The SMILES string of the molecule is CNC(=O)C(C)(C)CNCc1cnccc1C. The van der Waals surface area contributed by atoms with Crippen LogP contribution in [0.4, 0.5) is 0 Å². The number of hydrogen-bond acceptors (Lipinski definition) is 3. The number of nitrogens with one attached hydrogen (secondary N) is 2. The largest absolute Gasteiger partial charge is 0.359 e. The second-order valence-corrected chi connectivity index (χ2v) is 4.87. The second kappa shape index (κ2) is 5.77. The zero-order chi connectivity index (χ0) is 12.9. The summed E-state index contributed by atoms with van der Waals surface area (Å²) in [5.74, 6) is 0.0490. The van der Waals surface area contributed by atoms with E-state index in [0.29, 0.717) is 6.54 Å². The molecule has 1 rings (SSSR count). The molecule has 0 saturated carbocycles. The van der Waals surface area contributed by atoms with Crippen LogP contribution in [0.5, 0.6) is 0 Å². The van der Waals surface area contributed by atoms with E-state index in [1.165, 1.54) is 11.1 Å². The summed E-state index contributed by atoms with van der Waals surface area (Å²) in [5, 5.41) is 5.97. The Balaban J connectivity index is 2.48. The second-order valence-electron chi connectivity index (χ2n) is 4.87. The molecule has 0 aliphatic rings. The topological polar surface area (TPSA) is 54.0 Å². The van der Waals surface area contributed by atoms with E-state index >= 15 is 0 Å². The van der Waals surface area contributed by atoms with Gasteiger partial charge in [-0.2, -0.15) is 0 Å². The van der Waals surface area contributed by atoms with Crippen LogP contribution >= 0.6 is 0 Å². The van der Waals surface area contributed by atoms with E-state index in [-0.39, 0.29) is 5.91 Å². The molecule has 0 bridgehead atoms. The van der Waals surface area contributed by atoms with E-state index in [1.807, 2.05) is 26.1 Å². The van der Waals surface area contributed by atoms with Crippen LogP contribution in [0, 0.1) is 12.3 Å². The molecule has 0 radical (unpaired) electrons. The van der Waals surface area contributed by atoms with Crippen molar-refractivity contribution in [1.29, 1.82) is 0 Å². The van der Waals surface area contributed by atoms with Gasteiger partial charge in [-0.05, 0) is 38.0 Å². The van der Waals surface area contributed by atoms with Gasteiger partial charge >= 0.3 is 0 Å². The number of nitrogens with zero attached hydrogens (tertiary/aromatic N) is 1. The highest BCUT2D eigenvalue weighted by atomic mass is 16.2. The maximum atomic E-state index is 11.6. The molecule has 0 spiro atoms. The van der Waals surface area contributed by atoms with Crippen LogP contribution in [0.3, 0.4) is 0 Å². The fraction of sp³-hybridized carbons (Fsp3) is 0.538. The van der Waals surface area contributed by atoms with Crippen molar-refractivity contribution in [3.8, 4) is 0 Å². The van der Waals surface area contributed by atoms with E-state index < -0.39 is 5.41 Å². The van der Waals surface area contributed by atoms with Crippen LogP contribution in [0.25, 0.3) is 0 Å². The van der Waals surface area contributed by atoms with Crippen LogP contribution in [0.2, 0.25) is 0 Å². The molecule has 1 aromatic rings. The Morgan fingerprint density at radius 1 is 1.47 bits per heavy atom. The van der Waals surface area contributed by atoms with Gasteiger partial charge in [-0.1, -0.05) is 0 Å². The zero-order valence-electron chi connectivity index (χ0n) is 11.0. The first kappa shape index (κ1) is 13.6. The van der Waals surface area contributed by atoms with E-state index in [2.05, 4.69) is 22.5 Å². The number of aromatic nitrogens is 1. The highest BCUT2D eigenvalue weighted by Crippen LogP contribution is 2.13. The van der Waals surface area contributed by atoms with Gasteiger partial charge in [0.1, 0.15) is 0 Å². The van der Waals surface area contributed by atoms with E-state index in [9.17, 15) is 4.79 Å². The van der Waals surface area contributed by atoms with Gasteiger partial charge < -0.3 is 10.6 Å². The first-order valence-corrected chi connectivity index (χ1v) is 5.80. The minimum atomic E-state index is -0.398. The quantitative estimate of drug-likeness (QED) is 0.807. The molecule has 0 fully saturated rings. The predicted octanol–water partition coefficient (Wildman–Crippen LogP) is 1.25. The van der Waals surface area contributed by atoms with Crippen molar-refractivity contribution in [3.63, 3.8) is 0 Å². The molecule has 94 valence electrons. The lowest BCUT2D eigenvalue weighted by atomic mass is 9.92. The van der Waals surface area contributed by atoms with Gasteiger partial charge in [0.25, 0.3) is 0 Å². The fourth-order valence-corrected chi connectivity index (χ4v) is 1.61. The number of hydrogen-bond donors (Lipinski definition) is 2. The fourth-order valence-electron chi connectivity index (χ4n) is 1.61. The minimum Gasteiger partial charge on any atom is -0.359 e. The Labute approximate surface area is 103 Å². The third-order valence-corrected chi connectivity index (χ3v) is 2.87. The lowest BCUT2D eigenvalue weighted by Crippen LogP contribution is -2.41. The number of pyridine rings is 1. The first-order chi connectivity index (χ1) is 7.97. The Hall–Kier alpha value is -1.42. The molecule has 1 heterocycles. The van der Waals surface area contributed by atoms with Gasteiger partial charge in [0, 0.05) is 32.5 Å². The highest BCUT2D eigenvalue weighted by molar-refractivity contribution is 5.81. The van der Waals surface area contributed by atoms with Gasteiger partial charge in [0.2, 0.25) is 5.91 Å². The molecule has 0 aliphatic heterocycles. The van der Waals surface area contributed by atoms with Crippen molar-refractivity contribution in [3.05, 3.63) is 29.6 Å². The molecule has 4 heteroatoms. The Bertz CT molecular complexity index is 388. The maximum Gasteiger partial charge on any atom is 0.226 e. The first-order valence-electron chi connectivity index (χ1n) is 5.80. The summed E-state index contributed by atoms with van der Waals surface area (Å²) >= 11 is 0. The molecule has 0 atom stereocenters. The normalized spacial score (nSPS) is 11.3. The van der Waals surface area contributed by atoms with Gasteiger partial charge in [-0.3, -0.25) is 9.78 Å². The molecule has 1 amide bonds. The molecule has 0 unspecified atom stereocenters.